The number of anilines is 1. The Morgan fingerprint density at radius 1 is 1.00 bits per heavy atom. The van der Waals surface area contributed by atoms with Crippen LogP contribution in [0.5, 0.6) is 5.88 Å². The maximum Gasteiger partial charge on any atom is 0.322 e. The number of carboxylic acid groups (broad SMARTS) is 1. The van der Waals surface area contributed by atoms with Gasteiger partial charge in [-0.1, -0.05) is 36.4 Å². The molecule has 0 aliphatic heterocycles. The van der Waals surface area contributed by atoms with Crippen molar-refractivity contribution in [3.8, 4) is 17.0 Å². The molecule has 3 aromatic heterocycles. The lowest BCUT2D eigenvalue weighted by molar-refractivity contribution is -0.134. The molecule has 196 valence electrons. The lowest BCUT2D eigenvalue weighted by Crippen LogP contribution is -2.47. The Balaban J connectivity index is 1.72. The molecule has 0 saturated heterocycles. The Morgan fingerprint density at radius 2 is 1.79 bits per heavy atom. The van der Waals surface area contributed by atoms with Crippen molar-refractivity contribution in [2.45, 2.75) is 23.2 Å². The molecule has 3 heterocycles. The number of carboxylic acids is 1. The molecule has 4 N–H and O–H groups in total. The van der Waals surface area contributed by atoms with Gasteiger partial charge < -0.3 is 20.9 Å². The van der Waals surface area contributed by atoms with Crippen LogP contribution in [0.1, 0.15) is 18.2 Å². The first kappa shape index (κ1) is 26.7. The van der Waals surface area contributed by atoms with Crippen LogP contribution in [0.4, 0.5) is 5.82 Å². The largest absolute Gasteiger partial charge is 0.480 e. The van der Waals surface area contributed by atoms with Crippen molar-refractivity contribution in [1.29, 1.82) is 0 Å². The van der Waals surface area contributed by atoms with E-state index in [9.17, 15) is 13.2 Å². The molecular weight excluding hydrogens is 506 g/mol. The molecular formula is C27H27N5O5S. The third-order valence-electron chi connectivity index (χ3n) is 5.78. The summed E-state index contributed by atoms with van der Waals surface area (Å²) in [5.74, 6) is -0.381. The van der Waals surface area contributed by atoms with Crippen molar-refractivity contribution in [3.63, 3.8) is 0 Å². The monoisotopic (exact) mass is 533 g/mol. The normalized spacial score (nSPS) is 12.9. The lowest BCUT2D eigenvalue weighted by Gasteiger charge is -2.29. The van der Waals surface area contributed by atoms with Crippen molar-refractivity contribution in [2.24, 2.45) is 5.73 Å². The van der Waals surface area contributed by atoms with Gasteiger partial charge in [-0.15, -0.1) is 0 Å². The van der Waals surface area contributed by atoms with Crippen molar-refractivity contribution in [3.05, 3.63) is 96.4 Å². The fourth-order valence-corrected chi connectivity index (χ4v) is 5.46. The molecule has 38 heavy (non-hydrogen) atoms. The number of carbonyl (C=O) groups is 1. The molecule has 0 aliphatic rings. The third-order valence-corrected chi connectivity index (χ3v) is 7.88. The average molecular weight is 534 g/mol. The minimum atomic E-state index is -4.24. The van der Waals surface area contributed by atoms with Crippen LogP contribution < -0.4 is 15.8 Å². The van der Waals surface area contributed by atoms with Crippen LogP contribution in [0, 0.1) is 0 Å². The van der Waals surface area contributed by atoms with Gasteiger partial charge in [-0.05, 0) is 53.9 Å². The Kier molecular flexibility index (Phi) is 7.99. The fourth-order valence-electron chi connectivity index (χ4n) is 3.89. The van der Waals surface area contributed by atoms with E-state index >= 15 is 0 Å². The summed E-state index contributed by atoms with van der Waals surface area (Å²) in [6.07, 6.45) is 2.93. The smallest absolute Gasteiger partial charge is 0.322 e. The number of nitrogens with two attached hydrogens (primary N) is 1. The molecule has 0 spiro atoms. The van der Waals surface area contributed by atoms with E-state index < -0.39 is 20.7 Å². The summed E-state index contributed by atoms with van der Waals surface area (Å²) in [6, 6.07) is 20.2. The van der Waals surface area contributed by atoms with Gasteiger partial charge in [0.1, 0.15) is 12.4 Å². The molecule has 4 aromatic rings. The van der Waals surface area contributed by atoms with E-state index in [1.54, 1.807) is 42.6 Å². The molecule has 0 amide bonds. The second kappa shape index (κ2) is 11.4. The molecule has 10 nitrogen and oxygen atoms in total. The van der Waals surface area contributed by atoms with Gasteiger partial charge in [-0.25, -0.2) is 23.4 Å². The van der Waals surface area contributed by atoms with E-state index in [1.165, 1.54) is 18.3 Å². The number of rotatable bonds is 11. The molecule has 0 saturated carbocycles. The summed E-state index contributed by atoms with van der Waals surface area (Å²) >= 11 is 0. The molecule has 0 bridgehead atoms. The van der Waals surface area contributed by atoms with E-state index in [-0.39, 0.29) is 29.5 Å². The number of benzene rings is 1. The van der Waals surface area contributed by atoms with Crippen LogP contribution >= 0.6 is 0 Å². The highest BCUT2D eigenvalue weighted by molar-refractivity contribution is 7.92. The zero-order valence-corrected chi connectivity index (χ0v) is 21.4. The fraction of sp³-hybridized carbons (Fsp3) is 0.185. The van der Waals surface area contributed by atoms with Gasteiger partial charge in [0, 0.05) is 24.9 Å². The van der Waals surface area contributed by atoms with Crippen LogP contribution in [-0.4, -0.2) is 47.6 Å². The topological polar surface area (TPSA) is 157 Å². The number of nitrogens with one attached hydrogen (secondary N) is 1. The van der Waals surface area contributed by atoms with Gasteiger partial charge in [0.15, 0.2) is 9.90 Å². The summed E-state index contributed by atoms with van der Waals surface area (Å²) in [5, 5.41) is 11.5. The Bertz CT molecular complexity index is 1510. The van der Waals surface area contributed by atoms with Gasteiger partial charge in [-0.2, -0.15) is 0 Å². The highest BCUT2D eigenvalue weighted by atomic mass is 32.2. The number of aromatic nitrogens is 3. The summed E-state index contributed by atoms with van der Waals surface area (Å²) in [4.78, 5) is 21.6. The first-order valence-corrected chi connectivity index (χ1v) is 13.3. The highest BCUT2D eigenvalue weighted by Crippen LogP contribution is 2.34. The number of hydrogen-bond acceptors (Lipinski definition) is 9. The van der Waals surface area contributed by atoms with Gasteiger partial charge in [0.25, 0.3) is 0 Å². The van der Waals surface area contributed by atoms with Crippen molar-refractivity contribution in [1.82, 2.24) is 15.0 Å². The number of nitrogens with zero attached hydrogens (tertiary/aromatic N) is 3. The first-order valence-electron chi connectivity index (χ1n) is 11.8. The van der Waals surface area contributed by atoms with Crippen molar-refractivity contribution in [2.75, 3.05) is 18.5 Å². The van der Waals surface area contributed by atoms with E-state index in [2.05, 4.69) is 20.3 Å². The number of hydrogen-bond donors (Lipinski definition) is 3. The maximum absolute atomic E-state index is 13.9. The van der Waals surface area contributed by atoms with Gasteiger partial charge >= 0.3 is 5.97 Å². The Labute approximate surface area is 220 Å². The standard InChI is InChI=1S/C27H27N5O5S/c1-2-37-24-16-21(13-15-29-24)20-11-9-19(10-12-20)17-27(28,38(35,36)25-8-3-4-14-30-25)22-6-5-7-23(32-22)31-18-26(33)34/h3-16H,2,17-18,28H2,1H3,(H,31,32)(H,33,34). The highest BCUT2D eigenvalue weighted by Gasteiger charge is 2.45. The molecule has 4 rings (SSSR count). The second-order valence-electron chi connectivity index (χ2n) is 8.41. The predicted octanol–water partition coefficient (Wildman–Crippen LogP) is 3.26. The van der Waals surface area contributed by atoms with Crippen LogP contribution in [0.2, 0.25) is 0 Å². The SMILES string of the molecule is CCOc1cc(-c2ccc(CC(N)(c3cccc(NCC(=O)O)n3)S(=O)(=O)c3ccccn3)cc2)ccn1. The van der Waals surface area contributed by atoms with Crippen LogP contribution in [0.15, 0.2) is 90.2 Å². The average Bonchev–Trinajstić information content (AvgIpc) is 2.93. The van der Waals surface area contributed by atoms with Crippen LogP contribution in [0.25, 0.3) is 11.1 Å². The lowest BCUT2D eigenvalue weighted by atomic mass is 9.99. The van der Waals surface area contributed by atoms with Gasteiger partial charge in [0.2, 0.25) is 15.7 Å². The summed E-state index contributed by atoms with van der Waals surface area (Å²) < 4.78 is 33.2. The number of ether oxygens (including phenoxy) is 1. The molecule has 1 unspecified atom stereocenters. The number of aliphatic carboxylic acids is 1. The van der Waals surface area contributed by atoms with Gasteiger partial charge in [-0.3, -0.25) is 4.79 Å². The summed E-state index contributed by atoms with van der Waals surface area (Å²) in [7, 11) is -4.24. The predicted molar refractivity (Wildman–Crippen MR) is 142 cm³/mol. The molecule has 0 radical (unpaired) electrons. The molecule has 1 aromatic carbocycles. The minimum absolute atomic E-state index is 0.0538. The number of sulfone groups is 1. The first-order chi connectivity index (χ1) is 18.2. The minimum Gasteiger partial charge on any atom is -0.480 e. The summed E-state index contributed by atoms with van der Waals surface area (Å²) in [6.45, 7) is 2.00. The molecule has 11 heteroatoms. The van der Waals surface area contributed by atoms with E-state index in [0.717, 1.165) is 11.1 Å². The molecule has 0 fully saturated rings. The van der Waals surface area contributed by atoms with Crippen molar-refractivity contribution < 1.29 is 23.1 Å². The van der Waals surface area contributed by atoms with Gasteiger partial charge in [0.05, 0.1) is 12.3 Å². The summed E-state index contributed by atoms with van der Waals surface area (Å²) in [5.41, 5.74) is 9.23. The van der Waals surface area contributed by atoms with Crippen LogP contribution in [-0.2, 0) is 25.9 Å². The Hall–Kier alpha value is -4.35. The van der Waals surface area contributed by atoms with Crippen LogP contribution in [0.3, 0.4) is 0 Å². The third kappa shape index (κ3) is 5.79. The Morgan fingerprint density at radius 3 is 2.47 bits per heavy atom. The van der Waals surface area contributed by atoms with E-state index in [4.69, 9.17) is 15.6 Å². The molecule has 1 atom stereocenters. The van der Waals surface area contributed by atoms with E-state index in [1.807, 2.05) is 31.2 Å². The quantitative estimate of drug-likeness (QED) is 0.261. The number of pyridine rings is 3. The zero-order valence-electron chi connectivity index (χ0n) is 20.6. The van der Waals surface area contributed by atoms with E-state index in [0.29, 0.717) is 18.1 Å². The molecule has 0 aliphatic carbocycles. The van der Waals surface area contributed by atoms with Crippen molar-refractivity contribution >= 4 is 21.6 Å². The zero-order chi connectivity index (χ0) is 27.2. The second-order valence-corrected chi connectivity index (χ2v) is 10.6. The maximum atomic E-state index is 13.9.